The Morgan fingerprint density at radius 3 is 1.73 bits per heavy atom. The molecule has 0 saturated carbocycles. The summed E-state index contributed by atoms with van der Waals surface area (Å²) < 4.78 is 14.3. The second kappa shape index (κ2) is 13.6. The summed E-state index contributed by atoms with van der Waals surface area (Å²) in [6.45, 7) is 34.9. The van der Waals surface area contributed by atoms with E-state index in [0.29, 0.717) is 0 Å². The lowest BCUT2D eigenvalue weighted by molar-refractivity contribution is 0.483. The van der Waals surface area contributed by atoms with Gasteiger partial charge in [0.15, 0.2) is 0 Å². The first-order valence-electron chi connectivity index (χ1n) is 23.5. The van der Waals surface area contributed by atoms with E-state index in [1.807, 2.05) is 0 Å². The predicted octanol–water partition coefficient (Wildman–Crippen LogP) is 14.6. The van der Waals surface area contributed by atoms with Crippen LogP contribution in [-0.4, -0.2) is 6.71 Å². The molecule has 3 nitrogen and oxygen atoms in total. The molecular formula is C59H66BNO2. The molecule has 10 rings (SSSR count). The molecule has 0 bridgehead atoms. The van der Waals surface area contributed by atoms with E-state index in [1.165, 1.54) is 95.3 Å². The van der Waals surface area contributed by atoms with Gasteiger partial charge in [-0.2, -0.15) is 0 Å². The van der Waals surface area contributed by atoms with E-state index >= 15 is 0 Å². The number of ether oxygens (including phenoxy) is 1. The number of nitrogens with zero attached hydrogens (tertiary/aromatic N) is 1. The summed E-state index contributed by atoms with van der Waals surface area (Å²) in [5.74, 6) is 1.82. The van der Waals surface area contributed by atoms with E-state index in [2.05, 4.69) is 200 Å². The molecule has 0 atom stereocenters. The third-order valence-corrected chi connectivity index (χ3v) is 14.4. The van der Waals surface area contributed by atoms with Crippen molar-refractivity contribution >= 4 is 62.1 Å². The van der Waals surface area contributed by atoms with Crippen LogP contribution in [0.4, 0.5) is 17.1 Å². The quantitative estimate of drug-likeness (QED) is 0.162. The summed E-state index contributed by atoms with van der Waals surface area (Å²) >= 11 is 0. The van der Waals surface area contributed by atoms with Crippen LogP contribution in [0.15, 0.2) is 95.4 Å². The minimum Gasteiger partial charge on any atom is -0.458 e. The van der Waals surface area contributed by atoms with Gasteiger partial charge in [-0.3, -0.25) is 0 Å². The van der Waals surface area contributed by atoms with Crippen molar-refractivity contribution in [3.63, 3.8) is 0 Å². The highest BCUT2D eigenvalue weighted by atomic mass is 16.5. The molecule has 3 aliphatic rings. The van der Waals surface area contributed by atoms with Crippen molar-refractivity contribution in [3.05, 3.63) is 130 Å². The van der Waals surface area contributed by atoms with E-state index < -0.39 is 0 Å². The molecular weight excluding hydrogens is 765 g/mol. The van der Waals surface area contributed by atoms with Crippen LogP contribution in [0.3, 0.4) is 0 Å². The topological polar surface area (TPSA) is 25.6 Å². The number of rotatable bonds is 2. The molecule has 322 valence electrons. The van der Waals surface area contributed by atoms with E-state index in [-0.39, 0.29) is 33.8 Å². The summed E-state index contributed by atoms with van der Waals surface area (Å²) in [6.07, 6.45) is 3.43. The van der Waals surface area contributed by atoms with Gasteiger partial charge in [0.05, 0.1) is 5.69 Å². The molecule has 1 aromatic heterocycles. The zero-order valence-corrected chi connectivity index (χ0v) is 40.6. The smallest absolute Gasteiger partial charge is 0.261 e. The summed E-state index contributed by atoms with van der Waals surface area (Å²) in [4.78, 5) is 2.59. The number of anilines is 3. The third-order valence-electron chi connectivity index (χ3n) is 14.4. The predicted molar refractivity (Wildman–Crippen MR) is 271 cm³/mol. The molecule has 0 radical (unpaired) electrons. The van der Waals surface area contributed by atoms with Crippen molar-refractivity contribution in [2.75, 3.05) is 4.90 Å². The van der Waals surface area contributed by atoms with Crippen LogP contribution < -0.4 is 26.0 Å². The van der Waals surface area contributed by atoms with Crippen LogP contribution in [0.25, 0.3) is 33.1 Å². The van der Waals surface area contributed by atoms with Crippen molar-refractivity contribution in [3.8, 4) is 22.6 Å². The average Bonchev–Trinajstić information content (AvgIpc) is 3.83. The molecule has 0 N–H and O–H groups in total. The highest BCUT2D eigenvalue weighted by Gasteiger charge is 2.45. The fourth-order valence-corrected chi connectivity index (χ4v) is 10.5. The van der Waals surface area contributed by atoms with E-state index in [9.17, 15) is 0 Å². The Bertz CT molecular complexity index is 3000. The Labute approximate surface area is 377 Å². The first kappa shape index (κ1) is 41.8. The summed E-state index contributed by atoms with van der Waals surface area (Å²) in [5, 5.41) is 2.49. The van der Waals surface area contributed by atoms with Crippen LogP contribution >= 0.6 is 0 Å². The minimum atomic E-state index is -0.128. The fourth-order valence-electron chi connectivity index (χ4n) is 10.5. The Hall–Kier alpha value is -5.22. The van der Waals surface area contributed by atoms with Crippen molar-refractivity contribution in [2.45, 2.75) is 150 Å². The van der Waals surface area contributed by atoms with Crippen LogP contribution in [0, 0.1) is 0 Å². The second-order valence-corrected chi connectivity index (χ2v) is 24.2. The average molecular weight is 832 g/mol. The van der Waals surface area contributed by atoms with Gasteiger partial charge in [-0.15, -0.1) is 0 Å². The number of hydrogen-bond donors (Lipinski definition) is 0. The molecule has 3 heterocycles. The maximum Gasteiger partial charge on any atom is 0.261 e. The minimum absolute atomic E-state index is 0.0287. The van der Waals surface area contributed by atoms with Gasteiger partial charge in [-0.25, -0.2) is 0 Å². The molecule has 1 aliphatic carbocycles. The summed E-state index contributed by atoms with van der Waals surface area (Å²) in [5.41, 5.74) is 20.8. The zero-order valence-electron chi connectivity index (χ0n) is 40.6. The van der Waals surface area contributed by atoms with Crippen LogP contribution in [0.5, 0.6) is 11.5 Å². The number of benzene rings is 6. The SMILES string of the molecule is CC(C)(C)c1cc(-c2cc(C(C)(C)C)ccc2N2c3ccc(C(C)(C)C)cc3B3c4c(cc(C(C)(C)C)cc42)Oc2ccc4c(oc5ccc6c(c54)CCC6)c23)cc(C(C)(C)C)c1. The third kappa shape index (κ3) is 6.76. The van der Waals surface area contributed by atoms with Gasteiger partial charge in [0.2, 0.25) is 0 Å². The lowest BCUT2D eigenvalue weighted by atomic mass is 9.33. The Morgan fingerprint density at radius 1 is 0.492 bits per heavy atom. The lowest BCUT2D eigenvalue weighted by Gasteiger charge is -2.42. The molecule has 0 saturated heterocycles. The maximum absolute atomic E-state index is 7.25. The molecule has 7 aromatic rings. The van der Waals surface area contributed by atoms with E-state index in [4.69, 9.17) is 9.15 Å². The van der Waals surface area contributed by atoms with Crippen LogP contribution in [-0.2, 0) is 39.9 Å². The largest absolute Gasteiger partial charge is 0.458 e. The second-order valence-electron chi connectivity index (χ2n) is 24.2. The fraction of sp³-hybridized carbons (Fsp3) is 0.390. The van der Waals surface area contributed by atoms with E-state index in [1.54, 1.807) is 0 Å². The molecule has 6 aromatic carbocycles. The van der Waals surface area contributed by atoms with Crippen LogP contribution in [0.2, 0.25) is 0 Å². The summed E-state index contributed by atoms with van der Waals surface area (Å²) in [7, 11) is 0. The Balaban J connectivity index is 1.32. The number of fused-ring (bicyclic) bond motifs is 10. The first-order valence-corrected chi connectivity index (χ1v) is 23.5. The van der Waals surface area contributed by atoms with Gasteiger partial charge in [-0.05, 0) is 150 Å². The Kier molecular flexibility index (Phi) is 9.05. The standard InChI is InChI=1S/C59H66BNO2/c1-55(2,3)36-20-23-45(43(30-36)35-27-38(57(7,8)9)29-39(28-35)58(10,11)12)61-46-24-21-37(56(4,5)6)31-44(46)60-52-47(61)32-40(59(13,14)15)33-50(52)62-49-26-22-42-51-41-18-16-17-34(41)19-25-48(51)63-54(42)53(49)60/h19-33H,16-18H2,1-15H3. The van der Waals surface area contributed by atoms with Crippen LogP contribution in [0.1, 0.15) is 149 Å². The van der Waals surface area contributed by atoms with Crippen molar-refractivity contribution < 1.29 is 9.15 Å². The van der Waals surface area contributed by atoms with Gasteiger partial charge in [0, 0.05) is 33.2 Å². The summed E-state index contributed by atoms with van der Waals surface area (Å²) in [6, 6.07) is 35.7. The highest BCUT2D eigenvalue weighted by molar-refractivity contribution is 7.00. The van der Waals surface area contributed by atoms with Gasteiger partial charge >= 0.3 is 0 Å². The lowest BCUT2D eigenvalue weighted by Crippen LogP contribution is -2.60. The van der Waals surface area contributed by atoms with Crippen molar-refractivity contribution in [1.29, 1.82) is 0 Å². The highest BCUT2D eigenvalue weighted by Crippen LogP contribution is 2.49. The van der Waals surface area contributed by atoms with Crippen molar-refractivity contribution in [2.24, 2.45) is 0 Å². The number of aryl methyl sites for hydroxylation is 2. The monoisotopic (exact) mass is 832 g/mol. The molecule has 0 unspecified atom stereocenters. The normalized spacial score (nSPS) is 15.1. The van der Waals surface area contributed by atoms with Gasteiger partial charge in [-0.1, -0.05) is 146 Å². The zero-order chi connectivity index (χ0) is 44.9. The van der Waals surface area contributed by atoms with Gasteiger partial charge in [0.1, 0.15) is 22.7 Å². The molecule has 0 fully saturated rings. The van der Waals surface area contributed by atoms with Gasteiger partial charge in [0.25, 0.3) is 6.71 Å². The van der Waals surface area contributed by atoms with E-state index in [0.717, 1.165) is 41.0 Å². The Morgan fingerprint density at radius 2 is 1.10 bits per heavy atom. The molecule has 63 heavy (non-hydrogen) atoms. The first-order chi connectivity index (χ1) is 29.4. The molecule has 0 spiro atoms. The molecule has 2 aliphatic heterocycles. The van der Waals surface area contributed by atoms with Gasteiger partial charge < -0.3 is 14.1 Å². The number of furan rings is 1. The molecule has 4 heteroatoms. The maximum atomic E-state index is 7.25. The number of hydrogen-bond acceptors (Lipinski definition) is 3. The molecule has 0 amide bonds. The van der Waals surface area contributed by atoms with Crippen molar-refractivity contribution in [1.82, 2.24) is 0 Å².